The number of aryl methyl sites for hydroxylation is 1. The van der Waals surface area contributed by atoms with Gasteiger partial charge in [0.15, 0.2) is 0 Å². The van der Waals surface area contributed by atoms with E-state index in [1.165, 1.54) is 16.6 Å². The van der Waals surface area contributed by atoms with Crippen LogP contribution in [0.25, 0.3) is 0 Å². The van der Waals surface area contributed by atoms with E-state index in [9.17, 15) is 13.2 Å². The summed E-state index contributed by atoms with van der Waals surface area (Å²) in [6.07, 6.45) is 5.18. The van der Waals surface area contributed by atoms with Gasteiger partial charge in [0.25, 0.3) is 5.91 Å². The highest BCUT2D eigenvalue weighted by molar-refractivity contribution is 7.89. The van der Waals surface area contributed by atoms with Gasteiger partial charge in [-0.1, -0.05) is 6.42 Å². The predicted molar refractivity (Wildman–Crippen MR) is 93.8 cm³/mol. The minimum Gasteiger partial charge on any atom is -0.345 e. The molecular formula is C15H25ClN4O3S. The fourth-order valence-electron chi connectivity index (χ4n) is 3.28. The third kappa shape index (κ3) is 3.61. The topological polar surface area (TPSA) is 88.6 Å². The maximum Gasteiger partial charge on any atom is 0.270 e. The molecule has 3 rings (SSSR count). The highest BCUT2D eigenvalue weighted by Gasteiger charge is 2.31. The second-order valence-corrected chi connectivity index (χ2v) is 8.37. The monoisotopic (exact) mass is 376 g/mol. The molecule has 3 heterocycles. The quantitative estimate of drug-likeness (QED) is 0.844. The first kappa shape index (κ1) is 19.2. The first-order valence-corrected chi connectivity index (χ1v) is 9.55. The molecule has 0 aliphatic carbocycles. The molecule has 0 spiro atoms. The highest BCUT2D eigenvalue weighted by atomic mass is 35.5. The van der Waals surface area contributed by atoms with Gasteiger partial charge < -0.3 is 15.2 Å². The predicted octanol–water partition coefficient (Wildman–Crippen LogP) is 0.795. The molecule has 1 aromatic heterocycles. The summed E-state index contributed by atoms with van der Waals surface area (Å²) in [6, 6.07) is 1.51. The lowest BCUT2D eigenvalue weighted by Gasteiger charge is -2.25. The van der Waals surface area contributed by atoms with Gasteiger partial charge in [-0.3, -0.25) is 4.79 Å². The molecule has 24 heavy (non-hydrogen) atoms. The summed E-state index contributed by atoms with van der Waals surface area (Å²) in [4.78, 5) is 14.5. The normalized spacial score (nSPS) is 22.4. The number of sulfonamides is 1. The van der Waals surface area contributed by atoms with Crippen LogP contribution in [0.1, 0.15) is 36.2 Å². The fourth-order valence-corrected chi connectivity index (χ4v) is 4.86. The number of likely N-dealkylation sites (tertiary alicyclic amines) is 1. The molecule has 2 aliphatic heterocycles. The molecule has 0 unspecified atom stereocenters. The molecule has 1 aromatic rings. The molecule has 1 atom stereocenters. The number of hydrogen-bond donors (Lipinski definition) is 1. The SMILES string of the molecule is Cl.Cn1cc(S(=O)(=O)N2CCCCC2)cc1C(=O)N1CC[C@@H](N)C1. The second kappa shape index (κ2) is 7.43. The van der Waals surface area contributed by atoms with Crippen LogP contribution in [0.3, 0.4) is 0 Å². The fraction of sp³-hybridized carbons (Fsp3) is 0.667. The number of halogens is 1. The van der Waals surface area contributed by atoms with Crippen LogP contribution in [0.4, 0.5) is 0 Å². The zero-order chi connectivity index (χ0) is 16.6. The number of carbonyl (C=O) groups is 1. The van der Waals surface area contributed by atoms with E-state index in [1.807, 2.05) is 0 Å². The maximum atomic E-state index is 12.7. The van der Waals surface area contributed by atoms with Crippen molar-refractivity contribution in [3.05, 3.63) is 18.0 Å². The number of carbonyl (C=O) groups excluding carboxylic acids is 1. The number of nitrogens with two attached hydrogens (primary N) is 1. The molecule has 0 aromatic carbocycles. The third-order valence-electron chi connectivity index (χ3n) is 4.66. The third-order valence-corrected chi connectivity index (χ3v) is 6.53. The van der Waals surface area contributed by atoms with Crippen molar-refractivity contribution in [2.75, 3.05) is 26.2 Å². The maximum absolute atomic E-state index is 12.7. The molecule has 2 fully saturated rings. The Hall–Kier alpha value is -1.09. The van der Waals surface area contributed by atoms with Crippen LogP contribution in [-0.4, -0.2) is 60.3 Å². The summed E-state index contributed by atoms with van der Waals surface area (Å²) in [6.45, 7) is 2.26. The van der Waals surface area contributed by atoms with Crippen molar-refractivity contribution in [3.8, 4) is 0 Å². The number of aromatic nitrogens is 1. The van der Waals surface area contributed by atoms with E-state index < -0.39 is 10.0 Å². The first-order chi connectivity index (χ1) is 10.9. The molecule has 0 bridgehead atoms. The van der Waals surface area contributed by atoms with Gasteiger partial charge in [-0.05, 0) is 25.3 Å². The van der Waals surface area contributed by atoms with E-state index >= 15 is 0 Å². The average Bonchev–Trinajstić information content (AvgIpc) is 3.14. The molecule has 7 nitrogen and oxygen atoms in total. The molecule has 2 aliphatic rings. The summed E-state index contributed by atoms with van der Waals surface area (Å²) in [5.41, 5.74) is 6.25. The lowest BCUT2D eigenvalue weighted by atomic mass is 10.2. The Morgan fingerprint density at radius 1 is 1.21 bits per heavy atom. The van der Waals surface area contributed by atoms with Crippen molar-refractivity contribution < 1.29 is 13.2 Å². The van der Waals surface area contributed by atoms with Crippen LogP contribution in [-0.2, 0) is 17.1 Å². The minimum atomic E-state index is -3.51. The molecule has 136 valence electrons. The Balaban J connectivity index is 0.00000208. The molecule has 1 amide bonds. The smallest absolute Gasteiger partial charge is 0.270 e. The van der Waals surface area contributed by atoms with Crippen LogP contribution in [0.15, 0.2) is 17.2 Å². The number of amides is 1. The first-order valence-electron chi connectivity index (χ1n) is 8.11. The van der Waals surface area contributed by atoms with Gasteiger partial charge in [-0.15, -0.1) is 12.4 Å². The molecule has 9 heteroatoms. The summed E-state index contributed by atoms with van der Waals surface area (Å²) in [7, 11) is -1.81. The van der Waals surface area contributed by atoms with Crippen molar-refractivity contribution in [3.63, 3.8) is 0 Å². The molecule has 0 radical (unpaired) electrons. The molecular weight excluding hydrogens is 352 g/mol. The Bertz CT molecular complexity index is 698. The number of hydrogen-bond acceptors (Lipinski definition) is 4. The standard InChI is InChI=1S/C15H24N4O3S.ClH/c1-17-11-13(23(21,22)19-6-3-2-4-7-19)9-14(17)15(20)18-8-5-12(16)10-18;/h9,11-12H,2-8,10,16H2,1H3;1H/t12-;/m1./s1. The Morgan fingerprint density at radius 2 is 1.88 bits per heavy atom. The molecule has 0 saturated carbocycles. The van der Waals surface area contributed by atoms with Gasteiger partial charge in [-0.2, -0.15) is 4.31 Å². The van der Waals surface area contributed by atoms with E-state index in [2.05, 4.69) is 0 Å². The van der Waals surface area contributed by atoms with Gasteiger partial charge in [0.1, 0.15) is 10.6 Å². The van der Waals surface area contributed by atoms with Crippen molar-refractivity contribution in [2.45, 2.75) is 36.6 Å². The number of piperidine rings is 1. The Kier molecular flexibility index (Phi) is 5.95. The number of nitrogens with zero attached hydrogens (tertiary/aromatic N) is 3. The van der Waals surface area contributed by atoms with E-state index in [1.54, 1.807) is 16.5 Å². The summed E-state index contributed by atoms with van der Waals surface area (Å²) in [5.74, 6) is -0.152. The van der Waals surface area contributed by atoms with Crippen molar-refractivity contribution in [2.24, 2.45) is 12.8 Å². The molecule has 2 saturated heterocycles. The number of rotatable bonds is 3. The average molecular weight is 377 g/mol. The van der Waals surface area contributed by atoms with Gasteiger partial charge in [0.2, 0.25) is 10.0 Å². The van der Waals surface area contributed by atoms with E-state index in [0.29, 0.717) is 31.9 Å². The highest BCUT2D eigenvalue weighted by Crippen LogP contribution is 2.23. The van der Waals surface area contributed by atoms with Crippen molar-refractivity contribution in [1.29, 1.82) is 0 Å². The van der Waals surface area contributed by atoms with Gasteiger partial charge >= 0.3 is 0 Å². The lowest BCUT2D eigenvalue weighted by molar-refractivity contribution is 0.0781. The minimum absolute atomic E-state index is 0. The summed E-state index contributed by atoms with van der Waals surface area (Å²) < 4.78 is 28.6. The molecule has 2 N–H and O–H groups in total. The Morgan fingerprint density at radius 3 is 2.46 bits per heavy atom. The van der Waals surface area contributed by atoms with E-state index in [4.69, 9.17) is 5.73 Å². The van der Waals surface area contributed by atoms with Crippen LogP contribution >= 0.6 is 12.4 Å². The summed E-state index contributed by atoms with van der Waals surface area (Å²) in [5, 5.41) is 0. The van der Waals surface area contributed by atoms with Crippen LogP contribution in [0.5, 0.6) is 0 Å². The van der Waals surface area contributed by atoms with Crippen molar-refractivity contribution in [1.82, 2.24) is 13.8 Å². The summed E-state index contributed by atoms with van der Waals surface area (Å²) >= 11 is 0. The van der Waals surface area contributed by atoms with Crippen LogP contribution in [0.2, 0.25) is 0 Å². The van der Waals surface area contributed by atoms with Gasteiger partial charge in [0, 0.05) is 45.5 Å². The van der Waals surface area contributed by atoms with Crippen molar-refractivity contribution >= 4 is 28.3 Å². The second-order valence-electron chi connectivity index (χ2n) is 6.44. The lowest BCUT2D eigenvalue weighted by Crippen LogP contribution is -2.35. The van der Waals surface area contributed by atoms with Gasteiger partial charge in [0.05, 0.1) is 0 Å². The largest absolute Gasteiger partial charge is 0.345 e. The van der Waals surface area contributed by atoms with Crippen LogP contribution < -0.4 is 5.73 Å². The Labute approximate surface area is 149 Å². The van der Waals surface area contributed by atoms with E-state index in [-0.39, 0.29) is 29.3 Å². The van der Waals surface area contributed by atoms with E-state index in [0.717, 1.165) is 25.7 Å². The zero-order valence-corrected chi connectivity index (χ0v) is 15.5. The zero-order valence-electron chi connectivity index (χ0n) is 13.8. The van der Waals surface area contributed by atoms with Gasteiger partial charge in [-0.25, -0.2) is 8.42 Å². The van der Waals surface area contributed by atoms with Crippen LogP contribution in [0, 0.1) is 0 Å².